The van der Waals surface area contributed by atoms with Crippen LogP contribution in [0.15, 0.2) is 42.6 Å². The number of imide groups is 1. The van der Waals surface area contributed by atoms with Crippen LogP contribution in [0.4, 0.5) is 5.69 Å². The molecule has 0 atom stereocenters. The van der Waals surface area contributed by atoms with Crippen molar-refractivity contribution in [3.8, 4) is 0 Å². The molecule has 1 aliphatic heterocycles. The zero-order valence-electron chi connectivity index (χ0n) is 14.3. The van der Waals surface area contributed by atoms with Gasteiger partial charge in [0.05, 0.1) is 22.5 Å². The van der Waals surface area contributed by atoms with Crippen molar-refractivity contribution in [1.29, 1.82) is 0 Å². The lowest BCUT2D eigenvalue weighted by molar-refractivity contribution is -0.116. The molecule has 3 heterocycles. The van der Waals surface area contributed by atoms with Gasteiger partial charge in [-0.3, -0.25) is 19.3 Å². The van der Waals surface area contributed by atoms with Gasteiger partial charge in [-0.25, -0.2) is 4.98 Å². The number of rotatable bonds is 3. The summed E-state index contributed by atoms with van der Waals surface area (Å²) in [4.78, 5) is 42.4. The van der Waals surface area contributed by atoms with Gasteiger partial charge in [-0.1, -0.05) is 12.1 Å². The zero-order valence-corrected chi connectivity index (χ0v) is 14.3. The summed E-state index contributed by atoms with van der Waals surface area (Å²) in [5.41, 5.74) is 3.92. The van der Waals surface area contributed by atoms with Gasteiger partial charge in [0, 0.05) is 11.9 Å². The summed E-state index contributed by atoms with van der Waals surface area (Å²) in [6, 6.07) is 10.1. The Kier molecular flexibility index (Phi) is 3.57. The average molecular weight is 348 g/mol. The van der Waals surface area contributed by atoms with Crippen molar-refractivity contribution in [2.75, 3.05) is 11.9 Å². The van der Waals surface area contributed by atoms with Gasteiger partial charge in [0.1, 0.15) is 12.2 Å². The summed E-state index contributed by atoms with van der Waals surface area (Å²) in [6.07, 6.45) is 1.77. The van der Waals surface area contributed by atoms with Crippen molar-refractivity contribution in [2.45, 2.75) is 13.8 Å². The highest BCUT2D eigenvalue weighted by Gasteiger charge is 2.36. The van der Waals surface area contributed by atoms with E-state index in [0.717, 1.165) is 21.9 Å². The van der Waals surface area contributed by atoms with E-state index in [9.17, 15) is 14.4 Å². The second-order valence-electron chi connectivity index (χ2n) is 6.22. The fourth-order valence-corrected chi connectivity index (χ4v) is 3.08. The number of aryl methyl sites for hydroxylation is 2. The first-order valence-electron chi connectivity index (χ1n) is 8.16. The molecule has 0 fully saturated rings. The van der Waals surface area contributed by atoms with Gasteiger partial charge in [-0.15, -0.1) is 0 Å². The summed E-state index contributed by atoms with van der Waals surface area (Å²) in [6.45, 7) is 3.54. The van der Waals surface area contributed by atoms with E-state index in [-0.39, 0.29) is 6.54 Å². The Balaban J connectivity index is 1.52. The van der Waals surface area contributed by atoms with Crippen LogP contribution in [0, 0.1) is 13.8 Å². The number of imidazole rings is 1. The van der Waals surface area contributed by atoms with Crippen molar-refractivity contribution in [1.82, 2.24) is 14.3 Å². The third-order valence-corrected chi connectivity index (χ3v) is 4.56. The number of carbonyl (C=O) groups is 3. The maximum absolute atomic E-state index is 12.4. The Morgan fingerprint density at radius 2 is 1.69 bits per heavy atom. The Morgan fingerprint density at radius 3 is 2.35 bits per heavy atom. The SMILES string of the molecule is Cc1nc2ccc(NC(=O)CN3C(=O)c4ccccc4C3=O)cn2c1C. The quantitative estimate of drug-likeness (QED) is 0.736. The number of fused-ring (bicyclic) bond motifs is 2. The van der Waals surface area contributed by atoms with Gasteiger partial charge < -0.3 is 9.72 Å². The summed E-state index contributed by atoms with van der Waals surface area (Å²) in [7, 11) is 0. The number of carbonyl (C=O) groups excluding carboxylic acids is 3. The number of nitrogens with zero attached hydrogens (tertiary/aromatic N) is 3. The minimum absolute atomic E-state index is 0.327. The van der Waals surface area contributed by atoms with Gasteiger partial charge in [0.15, 0.2) is 0 Å². The lowest BCUT2D eigenvalue weighted by atomic mass is 10.1. The number of hydrogen-bond donors (Lipinski definition) is 1. The molecule has 3 amide bonds. The molecule has 1 N–H and O–H groups in total. The fraction of sp³-hybridized carbons (Fsp3) is 0.158. The smallest absolute Gasteiger partial charge is 0.262 e. The van der Waals surface area contributed by atoms with Gasteiger partial charge in [0.25, 0.3) is 11.8 Å². The summed E-state index contributed by atoms with van der Waals surface area (Å²) < 4.78 is 1.88. The van der Waals surface area contributed by atoms with E-state index < -0.39 is 17.7 Å². The van der Waals surface area contributed by atoms with E-state index in [0.29, 0.717) is 16.8 Å². The molecule has 1 aromatic carbocycles. The maximum Gasteiger partial charge on any atom is 0.262 e. The van der Waals surface area contributed by atoms with E-state index in [4.69, 9.17) is 0 Å². The van der Waals surface area contributed by atoms with Crippen LogP contribution in [0.25, 0.3) is 5.65 Å². The van der Waals surface area contributed by atoms with Crippen LogP contribution in [0.3, 0.4) is 0 Å². The minimum Gasteiger partial charge on any atom is -0.323 e. The number of aromatic nitrogens is 2. The van der Waals surface area contributed by atoms with Crippen LogP contribution in [0.5, 0.6) is 0 Å². The number of benzene rings is 1. The summed E-state index contributed by atoms with van der Waals surface area (Å²) in [5.74, 6) is -1.33. The van der Waals surface area contributed by atoms with Crippen LogP contribution in [0.2, 0.25) is 0 Å². The zero-order chi connectivity index (χ0) is 18.4. The molecule has 0 bridgehead atoms. The standard InChI is InChI=1S/C19H16N4O3/c1-11-12(2)22-9-13(7-8-16(22)20-11)21-17(24)10-23-18(25)14-5-3-4-6-15(14)19(23)26/h3-9H,10H2,1-2H3,(H,21,24). The van der Waals surface area contributed by atoms with E-state index >= 15 is 0 Å². The molecule has 130 valence electrons. The predicted octanol–water partition coefficient (Wildman–Crippen LogP) is 2.19. The molecule has 0 saturated heterocycles. The molecular weight excluding hydrogens is 332 g/mol. The molecule has 4 rings (SSSR count). The minimum atomic E-state index is -0.447. The molecule has 7 nitrogen and oxygen atoms in total. The van der Waals surface area contributed by atoms with Crippen molar-refractivity contribution in [3.05, 3.63) is 65.1 Å². The van der Waals surface area contributed by atoms with E-state index in [1.807, 2.05) is 18.2 Å². The summed E-state index contributed by atoms with van der Waals surface area (Å²) in [5, 5.41) is 2.73. The maximum atomic E-state index is 12.4. The van der Waals surface area contributed by atoms with Gasteiger partial charge in [-0.05, 0) is 38.1 Å². The van der Waals surface area contributed by atoms with Crippen molar-refractivity contribution in [2.24, 2.45) is 0 Å². The third kappa shape index (κ3) is 2.45. The second kappa shape index (κ2) is 5.80. The second-order valence-corrected chi connectivity index (χ2v) is 6.22. The molecule has 0 aliphatic carbocycles. The molecule has 1 aliphatic rings. The molecule has 0 unspecified atom stereocenters. The van der Waals surface area contributed by atoms with Crippen molar-refractivity contribution < 1.29 is 14.4 Å². The van der Waals surface area contributed by atoms with Gasteiger partial charge >= 0.3 is 0 Å². The van der Waals surface area contributed by atoms with Crippen molar-refractivity contribution in [3.63, 3.8) is 0 Å². The molecule has 7 heteroatoms. The monoisotopic (exact) mass is 348 g/mol. The highest BCUT2D eigenvalue weighted by molar-refractivity contribution is 6.22. The number of anilines is 1. The lowest BCUT2D eigenvalue weighted by Gasteiger charge is -2.13. The highest BCUT2D eigenvalue weighted by atomic mass is 16.2. The summed E-state index contributed by atoms with van der Waals surface area (Å²) >= 11 is 0. The fourth-order valence-electron chi connectivity index (χ4n) is 3.08. The van der Waals surface area contributed by atoms with Gasteiger partial charge in [-0.2, -0.15) is 0 Å². The predicted molar refractivity (Wildman–Crippen MR) is 95.1 cm³/mol. The van der Waals surface area contributed by atoms with Crippen LogP contribution in [-0.4, -0.2) is 38.6 Å². The van der Waals surface area contributed by atoms with Crippen molar-refractivity contribution >= 4 is 29.1 Å². The Hall–Kier alpha value is -3.48. The molecule has 3 aromatic rings. The van der Waals surface area contributed by atoms with E-state index in [2.05, 4.69) is 10.3 Å². The first-order chi connectivity index (χ1) is 12.5. The molecule has 0 saturated carbocycles. The normalized spacial score (nSPS) is 13.4. The number of hydrogen-bond acceptors (Lipinski definition) is 4. The molecule has 0 spiro atoms. The van der Waals surface area contributed by atoms with Gasteiger partial charge in [0.2, 0.25) is 5.91 Å². The molecule has 2 aromatic heterocycles. The number of nitrogens with one attached hydrogen (secondary N) is 1. The molecule has 0 radical (unpaired) electrons. The topological polar surface area (TPSA) is 83.8 Å². The van der Waals surface area contributed by atoms with Crippen LogP contribution in [-0.2, 0) is 4.79 Å². The molecular formula is C19H16N4O3. The number of amides is 3. The van der Waals surface area contributed by atoms with E-state index in [1.54, 1.807) is 42.6 Å². The third-order valence-electron chi connectivity index (χ3n) is 4.56. The Morgan fingerprint density at radius 1 is 1.04 bits per heavy atom. The van der Waals surface area contributed by atoms with Crippen LogP contribution in [0.1, 0.15) is 32.1 Å². The van der Waals surface area contributed by atoms with Crippen LogP contribution < -0.4 is 5.32 Å². The van der Waals surface area contributed by atoms with E-state index in [1.165, 1.54) is 0 Å². The highest BCUT2D eigenvalue weighted by Crippen LogP contribution is 2.22. The van der Waals surface area contributed by atoms with Crippen LogP contribution >= 0.6 is 0 Å². The molecule has 26 heavy (non-hydrogen) atoms. The lowest BCUT2D eigenvalue weighted by Crippen LogP contribution is -2.37. The average Bonchev–Trinajstić information content (AvgIpc) is 3.04. The first kappa shape index (κ1) is 16.0. The largest absolute Gasteiger partial charge is 0.323 e. The first-order valence-corrected chi connectivity index (χ1v) is 8.16. The Bertz CT molecular complexity index is 1050. The Labute approximate surface area is 149 Å². The number of pyridine rings is 1.